The van der Waals surface area contributed by atoms with Crippen molar-refractivity contribution in [1.82, 2.24) is 5.32 Å². The minimum absolute atomic E-state index is 0.0828. The SMILES string of the molecule is C=CCSC1=C(C#N)C(c2cccc(Cl)c2)CC(=O)N1. The van der Waals surface area contributed by atoms with E-state index in [2.05, 4.69) is 18.0 Å². The van der Waals surface area contributed by atoms with Crippen molar-refractivity contribution in [2.45, 2.75) is 12.3 Å². The zero-order chi connectivity index (χ0) is 14.5. The highest BCUT2D eigenvalue weighted by Crippen LogP contribution is 2.36. The van der Waals surface area contributed by atoms with Gasteiger partial charge < -0.3 is 5.32 Å². The molecule has 2 rings (SSSR count). The van der Waals surface area contributed by atoms with Gasteiger partial charge in [-0.25, -0.2) is 0 Å². The van der Waals surface area contributed by atoms with Crippen LogP contribution in [0.15, 0.2) is 47.5 Å². The Morgan fingerprint density at radius 3 is 3.05 bits per heavy atom. The molecule has 3 nitrogen and oxygen atoms in total. The summed E-state index contributed by atoms with van der Waals surface area (Å²) in [4.78, 5) is 11.8. The number of nitrogens with zero attached hydrogens (tertiary/aromatic N) is 1. The van der Waals surface area contributed by atoms with E-state index in [1.807, 2.05) is 12.1 Å². The molecule has 1 aliphatic rings. The molecular formula is C15H13ClN2OS. The molecule has 0 spiro atoms. The van der Waals surface area contributed by atoms with Crippen molar-refractivity contribution in [1.29, 1.82) is 5.26 Å². The third-order valence-electron chi connectivity index (χ3n) is 2.95. The highest BCUT2D eigenvalue weighted by molar-refractivity contribution is 8.03. The highest BCUT2D eigenvalue weighted by atomic mass is 35.5. The van der Waals surface area contributed by atoms with Crippen LogP contribution in [-0.2, 0) is 4.79 Å². The molecule has 0 fully saturated rings. The van der Waals surface area contributed by atoms with Crippen molar-refractivity contribution < 1.29 is 4.79 Å². The summed E-state index contributed by atoms with van der Waals surface area (Å²) in [5.74, 6) is 0.323. The lowest BCUT2D eigenvalue weighted by Gasteiger charge is -2.25. The van der Waals surface area contributed by atoms with Crippen molar-refractivity contribution in [3.8, 4) is 6.07 Å². The van der Waals surface area contributed by atoms with Crippen molar-refractivity contribution >= 4 is 29.3 Å². The Hall–Kier alpha value is -1.70. The van der Waals surface area contributed by atoms with Crippen LogP contribution in [0.25, 0.3) is 0 Å². The lowest BCUT2D eigenvalue weighted by molar-refractivity contribution is -0.120. The number of rotatable bonds is 4. The van der Waals surface area contributed by atoms with Crippen LogP contribution in [0.5, 0.6) is 0 Å². The largest absolute Gasteiger partial charge is 0.320 e. The Balaban J connectivity index is 2.42. The average molecular weight is 305 g/mol. The maximum atomic E-state index is 11.8. The van der Waals surface area contributed by atoms with Gasteiger partial charge in [0.2, 0.25) is 5.91 Å². The Morgan fingerprint density at radius 2 is 2.40 bits per heavy atom. The lowest BCUT2D eigenvalue weighted by atomic mass is 9.87. The quantitative estimate of drug-likeness (QED) is 0.865. The zero-order valence-corrected chi connectivity index (χ0v) is 12.3. The third-order valence-corrected chi connectivity index (χ3v) is 4.20. The molecule has 1 aromatic carbocycles. The second-order valence-corrected chi connectivity index (χ2v) is 5.78. The molecular weight excluding hydrogens is 292 g/mol. The normalized spacial score (nSPS) is 18.4. The number of thioether (sulfide) groups is 1. The molecule has 1 aromatic rings. The average Bonchev–Trinajstić information content (AvgIpc) is 2.44. The number of nitriles is 1. The molecule has 1 heterocycles. The van der Waals surface area contributed by atoms with Gasteiger partial charge in [0.25, 0.3) is 0 Å². The first-order chi connectivity index (χ1) is 9.65. The summed E-state index contributed by atoms with van der Waals surface area (Å²) in [5.41, 5.74) is 1.47. The van der Waals surface area contributed by atoms with E-state index in [-0.39, 0.29) is 18.2 Å². The first-order valence-electron chi connectivity index (χ1n) is 6.09. The Labute approximate surface area is 127 Å². The van der Waals surface area contributed by atoms with Crippen LogP contribution >= 0.6 is 23.4 Å². The molecule has 1 unspecified atom stereocenters. The van der Waals surface area contributed by atoms with E-state index >= 15 is 0 Å². The minimum Gasteiger partial charge on any atom is -0.320 e. The van der Waals surface area contributed by atoms with Gasteiger partial charge >= 0.3 is 0 Å². The molecule has 102 valence electrons. The van der Waals surface area contributed by atoms with Crippen molar-refractivity contribution in [2.75, 3.05) is 5.75 Å². The molecule has 0 aromatic heterocycles. The topological polar surface area (TPSA) is 52.9 Å². The number of amides is 1. The molecule has 1 aliphatic heterocycles. The maximum Gasteiger partial charge on any atom is 0.225 e. The van der Waals surface area contributed by atoms with Crippen molar-refractivity contribution in [2.24, 2.45) is 0 Å². The van der Waals surface area contributed by atoms with E-state index < -0.39 is 0 Å². The van der Waals surface area contributed by atoms with E-state index in [1.165, 1.54) is 11.8 Å². The summed E-state index contributed by atoms with van der Waals surface area (Å²) < 4.78 is 0. The van der Waals surface area contributed by atoms with Crippen LogP contribution in [0.1, 0.15) is 17.9 Å². The highest BCUT2D eigenvalue weighted by Gasteiger charge is 2.29. The zero-order valence-electron chi connectivity index (χ0n) is 10.7. The van der Waals surface area contributed by atoms with Crippen LogP contribution in [0.3, 0.4) is 0 Å². The van der Waals surface area contributed by atoms with Gasteiger partial charge in [-0.1, -0.05) is 29.8 Å². The summed E-state index contributed by atoms with van der Waals surface area (Å²) in [7, 11) is 0. The fourth-order valence-corrected chi connectivity index (χ4v) is 3.10. The van der Waals surface area contributed by atoms with Gasteiger partial charge in [0, 0.05) is 23.1 Å². The fourth-order valence-electron chi connectivity index (χ4n) is 2.08. The maximum absolute atomic E-state index is 11.8. The molecule has 1 N–H and O–H groups in total. The number of allylic oxidation sites excluding steroid dienone is 1. The first kappa shape index (κ1) is 14.7. The molecule has 20 heavy (non-hydrogen) atoms. The van der Waals surface area contributed by atoms with Crippen LogP contribution in [0, 0.1) is 11.3 Å². The van der Waals surface area contributed by atoms with Crippen LogP contribution in [0.2, 0.25) is 5.02 Å². The van der Waals surface area contributed by atoms with Gasteiger partial charge in [0.05, 0.1) is 16.7 Å². The molecule has 1 amide bonds. The number of hydrogen-bond acceptors (Lipinski definition) is 3. The smallest absolute Gasteiger partial charge is 0.225 e. The second kappa shape index (κ2) is 6.65. The monoisotopic (exact) mass is 304 g/mol. The van der Waals surface area contributed by atoms with Gasteiger partial charge in [-0.2, -0.15) is 5.26 Å². The van der Waals surface area contributed by atoms with Gasteiger partial charge in [-0.3, -0.25) is 4.79 Å². The number of hydrogen-bond donors (Lipinski definition) is 1. The summed E-state index contributed by atoms with van der Waals surface area (Å²) in [6.45, 7) is 3.65. The standard InChI is InChI=1S/C15H13ClN2OS/c1-2-6-20-15-13(9-17)12(8-14(19)18-15)10-4-3-5-11(16)7-10/h2-5,7,12H,1,6,8H2,(H,18,19). The van der Waals surface area contributed by atoms with Crippen LogP contribution < -0.4 is 5.32 Å². The number of carbonyl (C=O) groups excluding carboxylic acids is 1. The van der Waals surface area contributed by atoms with Gasteiger partial charge in [-0.05, 0) is 17.7 Å². The number of nitrogens with one attached hydrogen (secondary N) is 1. The van der Waals surface area contributed by atoms with E-state index in [9.17, 15) is 10.1 Å². The Morgan fingerprint density at radius 1 is 1.60 bits per heavy atom. The Kier molecular flexibility index (Phi) is 4.89. The summed E-state index contributed by atoms with van der Waals surface area (Å²) in [6, 6.07) is 9.52. The third kappa shape index (κ3) is 3.24. The summed E-state index contributed by atoms with van der Waals surface area (Å²) in [6.07, 6.45) is 2.00. The van der Waals surface area contributed by atoms with Gasteiger partial charge in [-0.15, -0.1) is 18.3 Å². The van der Waals surface area contributed by atoms with Crippen molar-refractivity contribution in [3.05, 3.63) is 58.1 Å². The predicted molar refractivity (Wildman–Crippen MR) is 82.2 cm³/mol. The van der Waals surface area contributed by atoms with E-state index in [0.717, 1.165) is 5.56 Å². The van der Waals surface area contributed by atoms with E-state index in [1.54, 1.807) is 18.2 Å². The molecule has 0 saturated carbocycles. The van der Waals surface area contributed by atoms with E-state index in [4.69, 9.17) is 11.6 Å². The molecule has 0 saturated heterocycles. The lowest BCUT2D eigenvalue weighted by Crippen LogP contribution is -2.30. The van der Waals surface area contributed by atoms with Gasteiger partial charge in [0.1, 0.15) is 0 Å². The predicted octanol–water partition coefficient (Wildman–Crippen LogP) is 3.60. The van der Waals surface area contributed by atoms with Crippen LogP contribution in [0.4, 0.5) is 0 Å². The minimum atomic E-state index is -0.236. The number of carbonyl (C=O) groups is 1. The summed E-state index contributed by atoms with van der Waals surface area (Å²) in [5, 5.41) is 13.4. The summed E-state index contributed by atoms with van der Waals surface area (Å²) >= 11 is 7.40. The van der Waals surface area contributed by atoms with Gasteiger partial charge in [0.15, 0.2) is 0 Å². The Bertz CT molecular complexity index is 619. The molecule has 0 bridgehead atoms. The second-order valence-electron chi connectivity index (χ2n) is 4.31. The molecule has 5 heteroatoms. The molecule has 0 radical (unpaired) electrons. The van der Waals surface area contributed by atoms with Crippen LogP contribution in [-0.4, -0.2) is 11.7 Å². The molecule has 0 aliphatic carbocycles. The van der Waals surface area contributed by atoms with E-state index in [0.29, 0.717) is 21.4 Å². The molecule has 1 atom stereocenters. The van der Waals surface area contributed by atoms with Crippen molar-refractivity contribution in [3.63, 3.8) is 0 Å². The number of halogens is 1. The fraction of sp³-hybridized carbons (Fsp3) is 0.200. The number of benzene rings is 1. The first-order valence-corrected chi connectivity index (χ1v) is 7.45.